The van der Waals surface area contributed by atoms with Gasteiger partial charge in [-0.25, -0.2) is 0 Å². The summed E-state index contributed by atoms with van der Waals surface area (Å²) >= 11 is 1.85. The number of thioether (sulfide) groups is 1. The van der Waals surface area contributed by atoms with Crippen LogP contribution in [0.2, 0.25) is 0 Å². The number of fused-ring (bicyclic) bond motifs is 5. The number of amides is 1. The lowest BCUT2D eigenvalue weighted by Gasteiger charge is -2.61. The number of carbonyl (C=O) groups is 2. The zero-order valence-corrected chi connectivity index (χ0v) is 21.0. The van der Waals surface area contributed by atoms with Crippen molar-refractivity contribution in [2.45, 2.75) is 95.5 Å². The van der Waals surface area contributed by atoms with Gasteiger partial charge in [-0.15, -0.1) is 0 Å². The molecule has 8 atom stereocenters. The highest BCUT2D eigenvalue weighted by Gasteiger charge is 2.62. The van der Waals surface area contributed by atoms with Gasteiger partial charge in [0.05, 0.1) is 6.04 Å². The summed E-state index contributed by atoms with van der Waals surface area (Å²) in [4.78, 5) is 35.5. The highest BCUT2D eigenvalue weighted by atomic mass is 32.2. The first-order chi connectivity index (χ1) is 16.0. The van der Waals surface area contributed by atoms with Crippen LogP contribution in [0, 0.1) is 39.4 Å². The molecule has 4 rings (SSSR count). The lowest BCUT2D eigenvalue weighted by atomic mass is 9.44. The fraction of sp³-hybridized carbons (Fsp3) is 0.920. The van der Waals surface area contributed by atoms with E-state index in [1.54, 1.807) is 0 Å². The zero-order valence-electron chi connectivity index (χ0n) is 20.2. The van der Waals surface area contributed by atoms with Gasteiger partial charge in [0.25, 0.3) is 0 Å². The van der Waals surface area contributed by atoms with Gasteiger partial charge in [-0.05, 0) is 92.6 Å². The second kappa shape index (κ2) is 9.74. The number of nitrogens with one attached hydrogen (secondary N) is 1. The number of rotatable bonds is 7. The largest absolute Gasteiger partial charge is 0.471 e. The standard InChI is InChI=1S/C25H37F3N2O3S/c1-23-9-7-15(34-12-4-3-11-29-22(32)25(26,27)28)13-19(23)20(30-33)14-16-17-5-6-21(31)24(17,2)10-8-18(16)23/h15-20H,3-14H2,1-2H3,(H,29,32)/t15-,16+,17+,18+,19?,20?,23-,24+/m1/s1. The summed E-state index contributed by atoms with van der Waals surface area (Å²) in [5.74, 6) is 1.02. The van der Waals surface area contributed by atoms with Crippen molar-refractivity contribution in [2.24, 2.45) is 39.7 Å². The summed E-state index contributed by atoms with van der Waals surface area (Å²) < 4.78 is 36.7. The van der Waals surface area contributed by atoms with Crippen LogP contribution >= 0.6 is 11.8 Å². The Morgan fingerprint density at radius 2 is 1.85 bits per heavy atom. The number of halogens is 3. The fourth-order valence-electron chi connectivity index (χ4n) is 8.08. The van der Waals surface area contributed by atoms with Crippen LogP contribution in [0.3, 0.4) is 0 Å². The average molecular weight is 503 g/mol. The molecule has 9 heteroatoms. The zero-order chi connectivity index (χ0) is 24.7. The van der Waals surface area contributed by atoms with E-state index in [0.717, 1.165) is 57.1 Å². The lowest BCUT2D eigenvalue weighted by molar-refractivity contribution is -0.173. The van der Waals surface area contributed by atoms with Crippen LogP contribution in [0.25, 0.3) is 0 Å². The summed E-state index contributed by atoms with van der Waals surface area (Å²) in [5, 5.41) is 6.00. The topological polar surface area (TPSA) is 75.6 Å². The molecular weight excluding hydrogens is 465 g/mol. The third-order valence-electron chi connectivity index (χ3n) is 9.94. The van der Waals surface area contributed by atoms with Crippen LogP contribution in [0.1, 0.15) is 78.1 Å². The van der Waals surface area contributed by atoms with E-state index in [-0.39, 0.29) is 29.3 Å². The van der Waals surface area contributed by atoms with Crippen molar-refractivity contribution in [3.05, 3.63) is 4.91 Å². The molecule has 0 aromatic heterocycles. The van der Waals surface area contributed by atoms with E-state index < -0.39 is 12.1 Å². The van der Waals surface area contributed by atoms with Crippen molar-refractivity contribution in [2.75, 3.05) is 12.3 Å². The van der Waals surface area contributed by atoms with Crippen LogP contribution in [-0.4, -0.2) is 41.5 Å². The Morgan fingerprint density at radius 3 is 2.56 bits per heavy atom. The molecule has 0 aromatic carbocycles. The van der Waals surface area contributed by atoms with E-state index in [0.29, 0.717) is 41.6 Å². The Balaban J connectivity index is 1.31. The van der Waals surface area contributed by atoms with Crippen molar-refractivity contribution in [1.82, 2.24) is 5.32 Å². The maximum atomic E-state index is 12.6. The predicted octanol–water partition coefficient (Wildman–Crippen LogP) is 5.90. The van der Waals surface area contributed by atoms with Crippen molar-refractivity contribution in [3.8, 4) is 0 Å². The minimum absolute atomic E-state index is 0.0348. The minimum atomic E-state index is -4.82. The van der Waals surface area contributed by atoms with Crippen molar-refractivity contribution >= 4 is 23.5 Å². The number of hydrogen-bond donors (Lipinski definition) is 1. The molecule has 192 valence electrons. The Hall–Kier alpha value is -1.12. The molecule has 0 saturated heterocycles. The summed E-state index contributed by atoms with van der Waals surface area (Å²) in [6.07, 6.45) is 4.07. The van der Waals surface area contributed by atoms with Gasteiger partial charge >= 0.3 is 12.1 Å². The highest BCUT2D eigenvalue weighted by Crippen LogP contribution is 2.66. The molecular formula is C25H37F3N2O3S. The molecule has 4 aliphatic carbocycles. The number of nitroso groups, excluding NO2 is 1. The molecule has 0 radical (unpaired) electrons. The van der Waals surface area contributed by atoms with E-state index in [4.69, 9.17) is 0 Å². The molecule has 4 aliphatic rings. The number of nitrogens with zero attached hydrogens (tertiary/aromatic N) is 1. The number of alkyl halides is 3. The van der Waals surface area contributed by atoms with Gasteiger partial charge < -0.3 is 5.32 Å². The van der Waals surface area contributed by atoms with E-state index >= 15 is 0 Å². The van der Waals surface area contributed by atoms with Crippen LogP contribution < -0.4 is 5.32 Å². The van der Waals surface area contributed by atoms with E-state index in [2.05, 4.69) is 19.0 Å². The molecule has 5 nitrogen and oxygen atoms in total. The Kier molecular flexibility index (Phi) is 7.43. The first kappa shape index (κ1) is 26.0. The molecule has 0 spiro atoms. The van der Waals surface area contributed by atoms with Gasteiger partial charge in [-0.2, -0.15) is 29.8 Å². The number of carbonyl (C=O) groups excluding carboxylic acids is 2. The predicted molar refractivity (Wildman–Crippen MR) is 126 cm³/mol. The highest BCUT2D eigenvalue weighted by molar-refractivity contribution is 7.99. The number of hydrogen-bond acceptors (Lipinski definition) is 5. The molecule has 4 fully saturated rings. The molecule has 4 saturated carbocycles. The van der Waals surface area contributed by atoms with Crippen LogP contribution in [-0.2, 0) is 9.59 Å². The molecule has 0 bridgehead atoms. The summed E-state index contributed by atoms with van der Waals surface area (Å²) in [6.45, 7) is 4.56. The number of unbranched alkanes of at least 4 members (excludes halogenated alkanes) is 1. The van der Waals surface area contributed by atoms with Crippen molar-refractivity contribution in [3.63, 3.8) is 0 Å². The summed E-state index contributed by atoms with van der Waals surface area (Å²) in [7, 11) is 0. The smallest absolute Gasteiger partial charge is 0.348 e. The summed E-state index contributed by atoms with van der Waals surface area (Å²) in [5.41, 5.74) is -0.113. The molecule has 0 heterocycles. The SMILES string of the molecule is C[C@]12CC[C@@H](SCCCCNC(=O)C(F)(F)F)CC1C(N=O)C[C@@H]1[C@@H]2CC[C@]2(C)C(=O)CC[C@@H]12. The average Bonchev–Trinajstić information content (AvgIpc) is 3.09. The summed E-state index contributed by atoms with van der Waals surface area (Å²) in [6, 6.07) is -0.190. The van der Waals surface area contributed by atoms with Crippen LogP contribution in [0.5, 0.6) is 0 Å². The van der Waals surface area contributed by atoms with Gasteiger partial charge in [0.15, 0.2) is 0 Å². The normalized spacial score (nSPS) is 41.9. The van der Waals surface area contributed by atoms with E-state index in [9.17, 15) is 27.7 Å². The van der Waals surface area contributed by atoms with Crippen molar-refractivity contribution in [1.29, 1.82) is 0 Å². The molecule has 0 aliphatic heterocycles. The van der Waals surface area contributed by atoms with Crippen LogP contribution in [0.15, 0.2) is 5.18 Å². The Morgan fingerprint density at radius 1 is 1.09 bits per heavy atom. The molecule has 2 unspecified atom stereocenters. The van der Waals surface area contributed by atoms with Gasteiger partial charge in [-0.1, -0.05) is 19.0 Å². The maximum absolute atomic E-state index is 12.6. The third kappa shape index (κ3) is 4.66. The Labute approximate surface area is 204 Å². The molecule has 0 aromatic rings. The first-order valence-corrected chi connectivity index (χ1v) is 13.9. The van der Waals surface area contributed by atoms with Gasteiger partial charge in [0, 0.05) is 23.6 Å². The lowest BCUT2D eigenvalue weighted by Crippen LogP contribution is -2.57. The molecule has 1 amide bonds. The quantitative estimate of drug-likeness (QED) is 0.347. The third-order valence-corrected chi connectivity index (χ3v) is 11.4. The molecule has 1 N–H and O–H groups in total. The number of Topliss-reactive ketones (excluding diaryl/α,β-unsaturated/α-hetero) is 1. The van der Waals surface area contributed by atoms with Gasteiger partial charge in [0.1, 0.15) is 5.78 Å². The first-order valence-electron chi connectivity index (χ1n) is 12.8. The minimum Gasteiger partial charge on any atom is -0.348 e. The second-order valence-corrected chi connectivity index (χ2v) is 13.0. The van der Waals surface area contributed by atoms with Gasteiger partial charge in [0.2, 0.25) is 0 Å². The fourth-order valence-corrected chi connectivity index (χ4v) is 9.41. The number of ketones is 1. The van der Waals surface area contributed by atoms with Crippen LogP contribution in [0.4, 0.5) is 13.2 Å². The monoisotopic (exact) mass is 502 g/mol. The molecule has 34 heavy (non-hydrogen) atoms. The Bertz CT molecular complexity index is 809. The second-order valence-electron chi connectivity index (χ2n) is 11.5. The van der Waals surface area contributed by atoms with E-state index in [1.165, 1.54) is 0 Å². The van der Waals surface area contributed by atoms with E-state index in [1.807, 2.05) is 17.1 Å². The van der Waals surface area contributed by atoms with Crippen molar-refractivity contribution < 1.29 is 22.8 Å². The van der Waals surface area contributed by atoms with Gasteiger partial charge in [-0.3, -0.25) is 9.59 Å². The maximum Gasteiger partial charge on any atom is 0.471 e.